The van der Waals surface area contributed by atoms with Gasteiger partial charge in [0.05, 0.1) is 18.7 Å². The topological polar surface area (TPSA) is 70.7 Å². The van der Waals surface area contributed by atoms with Crippen LogP contribution in [0.2, 0.25) is 0 Å². The van der Waals surface area contributed by atoms with E-state index in [0.717, 1.165) is 48.5 Å². The summed E-state index contributed by atoms with van der Waals surface area (Å²) in [6, 6.07) is 5.27. The molecule has 6 nitrogen and oxygen atoms in total. The van der Waals surface area contributed by atoms with E-state index < -0.39 is 12.0 Å². The number of hydrogen-bond donors (Lipinski definition) is 2. The van der Waals surface area contributed by atoms with E-state index in [4.69, 9.17) is 4.74 Å². The van der Waals surface area contributed by atoms with Gasteiger partial charge in [-0.2, -0.15) is 0 Å². The normalized spacial score (nSPS) is 21.6. The number of amides is 2. The summed E-state index contributed by atoms with van der Waals surface area (Å²) < 4.78 is 5.08. The standard InChI is InChI=1S/C21H29N3O3/c1-13-7-9-24(10-8-13)12-17-18(20(25)27-4)19(23-21(26)22-17)16-11-14(2)5-6-15(16)3/h5-6,11,13,19H,7-10,12H2,1-4H3,(H2,22,23,26). The second-order valence-corrected chi connectivity index (χ2v) is 7.73. The van der Waals surface area contributed by atoms with Gasteiger partial charge in [0.15, 0.2) is 0 Å². The van der Waals surface area contributed by atoms with Gasteiger partial charge in [0.2, 0.25) is 0 Å². The second kappa shape index (κ2) is 8.13. The third-order valence-corrected chi connectivity index (χ3v) is 5.56. The molecule has 0 spiro atoms. The van der Waals surface area contributed by atoms with E-state index in [1.165, 1.54) is 7.11 Å². The first-order valence-corrected chi connectivity index (χ1v) is 9.57. The first-order valence-electron chi connectivity index (χ1n) is 9.57. The van der Waals surface area contributed by atoms with E-state index in [1.807, 2.05) is 32.0 Å². The van der Waals surface area contributed by atoms with Crippen molar-refractivity contribution in [1.29, 1.82) is 0 Å². The predicted octanol–water partition coefficient (Wildman–Crippen LogP) is 2.82. The molecule has 0 radical (unpaired) electrons. The molecule has 1 saturated heterocycles. The molecule has 27 heavy (non-hydrogen) atoms. The fraction of sp³-hybridized carbons (Fsp3) is 0.524. The Morgan fingerprint density at radius 1 is 1.26 bits per heavy atom. The zero-order valence-electron chi connectivity index (χ0n) is 16.6. The third-order valence-electron chi connectivity index (χ3n) is 5.56. The third kappa shape index (κ3) is 4.33. The number of nitrogens with one attached hydrogen (secondary N) is 2. The highest BCUT2D eigenvalue weighted by molar-refractivity contribution is 5.95. The van der Waals surface area contributed by atoms with Crippen molar-refractivity contribution < 1.29 is 14.3 Å². The van der Waals surface area contributed by atoms with Crippen LogP contribution in [0, 0.1) is 19.8 Å². The quantitative estimate of drug-likeness (QED) is 0.799. The maximum absolute atomic E-state index is 12.7. The zero-order chi connectivity index (χ0) is 19.6. The SMILES string of the molecule is COC(=O)C1=C(CN2CCC(C)CC2)NC(=O)NC1c1cc(C)ccc1C. The summed E-state index contributed by atoms with van der Waals surface area (Å²) in [5.41, 5.74) is 4.17. The number of rotatable bonds is 4. The fourth-order valence-corrected chi connectivity index (χ4v) is 3.84. The van der Waals surface area contributed by atoms with Gasteiger partial charge in [-0.3, -0.25) is 4.90 Å². The lowest BCUT2D eigenvalue weighted by Crippen LogP contribution is -2.49. The molecule has 2 aliphatic heterocycles. The van der Waals surface area contributed by atoms with Crippen LogP contribution in [0.4, 0.5) is 4.79 Å². The van der Waals surface area contributed by atoms with Crippen molar-refractivity contribution in [2.75, 3.05) is 26.7 Å². The molecule has 1 aromatic rings. The van der Waals surface area contributed by atoms with E-state index in [-0.39, 0.29) is 6.03 Å². The molecule has 6 heteroatoms. The molecular formula is C21H29N3O3. The van der Waals surface area contributed by atoms with Crippen LogP contribution >= 0.6 is 0 Å². The van der Waals surface area contributed by atoms with Gasteiger partial charge in [-0.15, -0.1) is 0 Å². The predicted molar refractivity (Wildman–Crippen MR) is 104 cm³/mol. The zero-order valence-corrected chi connectivity index (χ0v) is 16.6. The molecule has 146 valence electrons. The Morgan fingerprint density at radius 3 is 2.63 bits per heavy atom. The number of esters is 1. The minimum atomic E-state index is -0.509. The number of ether oxygens (including phenoxy) is 1. The number of benzene rings is 1. The van der Waals surface area contributed by atoms with Crippen LogP contribution < -0.4 is 10.6 Å². The monoisotopic (exact) mass is 371 g/mol. The van der Waals surface area contributed by atoms with Crippen LogP contribution in [0.5, 0.6) is 0 Å². The van der Waals surface area contributed by atoms with Crippen molar-refractivity contribution in [1.82, 2.24) is 15.5 Å². The lowest BCUT2D eigenvalue weighted by molar-refractivity contribution is -0.136. The summed E-state index contributed by atoms with van der Waals surface area (Å²) in [6.07, 6.45) is 2.26. The van der Waals surface area contributed by atoms with Crippen molar-refractivity contribution in [3.05, 3.63) is 46.2 Å². The number of carbonyl (C=O) groups is 2. The lowest BCUT2D eigenvalue weighted by Gasteiger charge is -2.35. The number of aryl methyl sites for hydroxylation is 2. The highest BCUT2D eigenvalue weighted by Gasteiger charge is 2.35. The second-order valence-electron chi connectivity index (χ2n) is 7.73. The van der Waals surface area contributed by atoms with Crippen LogP contribution in [0.25, 0.3) is 0 Å². The van der Waals surface area contributed by atoms with Crippen LogP contribution in [0.3, 0.4) is 0 Å². The summed E-state index contributed by atoms with van der Waals surface area (Å²) in [4.78, 5) is 27.3. The van der Waals surface area contributed by atoms with Gasteiger partial charge in [-0.25, -0.2) is 9.59 Å². The molecule has 2 aliphatic rings. The number of urea groups is 1. The van der Waals surface area contributed by atoms with Gasteiger partial charge in [0.25, 0.3) is 0 Å². The van der Waals surface area contributed by atoms with Crippen LogP contribution in [-0.2, 0) is 9.53 Å². The average molecular weight is 371 g/mol. The molecule has 1 aromatic carbocycles. The maximum atomic E-state index is 12.7. The van der Waals surface area contributed by atoms with Crippen LogP contribution in [-0.4, -0.2) is 43.6 Å². The Bertz CT molecular complexity index is 764. The summed E-state index contributed by atoms with van der Waals surface area (Å²) in [5.74, 6) is 0.314. The molecule has 0 aromatic heterocycles. The number of carbonyl (C=O) groups excluding carboxylic acids is 2. The van der Waals surface area contributed by atoms with E-state index in [1.54, 1.807) is 0 Å². The van der Waals surface area contributed by atoms with Crippen LogP contribution in [0.1, 0.15) is 42.5 Å². The molecule has 2 amide bonds. The number of nitrogens with zero attached hydrogens (tertiary/aromatic N) is 1. The molecule has 1 atom stereocenters. The van der Waals surface area contributed by atoms with Crippen molar-refractivity contribution in [2.45, 2.75) is 39.7 Å². The summed E-state index contributed by atoms with van der Waals surface area (Å²) in [5, 5.41) is 5.77. The van der Waals surface area contributed by atoms with Gasteiger partial charge >= 0.3 is 12.0 Å². The molecule has 0 saturated carbocycles. The summed E-state index contributed by atoms with van der Waals surface area (Å²) >= 11 is 0. The highest BCUT2D eigenvalue weighted by atomic mass is 16.5. The number of likely N-dealkylation sites (tertiary alicyclic amines) is 1. The molecule has 0 bridgehead atoms. The maximum Gasteiger partial charge on any atom is 0.338 e. The Labute approximate surface area is 161 Å². The van der Waals surface area contributed by atoms with Gasteiger partial charge in [0.1, 0.15) is 0 Å². The number of piperidine rings is 1. The molecule has 2 heterocycles. The fourth-order valence-electron chi connectivity index (χ4n) is 3.84. The van der Waals surface area contributed by atoms with E-state index in [0.29, 0.717) is 17.8 Å². The van der Waals surface area contributed by atoms with Crippen molar-refractivity contribution in [2.24, 2.45) is 5.92 Å². The van der Waals surface area contributed by atoms with Crippen molar-refractivity contribution in [3.63, 3.8) is 0 Å². The highest BCUT2D eigenvalue weighted by Crippen LogP contribution is 2.31. The minimum Gasteiger partial charge on any atom is -0.466 e. The van der Waals surface area contributed by atoms with E-state index in [9.17, 15) is 9.59 Å². The number of methoxy groups -OCH3 is 1. The minimum absolute atomic E-state index is 0.283. The molecule has 1 unspecified atom stereocenters. The molecular weight excluding hydrogens is 342 g/mol. The Balaban J connectivity index is 1.99. The first kappa shape index (κ1) is 19.4. The van der Waals surface area contributed by atoms with Gasteiger partial charge < -0.3 is 15.4 Å². The molecule has 2 N–H and O–H groups in total. The molecule has 0 aliphatic carbocycles. The van der Waals surface area contributed by atoms with Gasteiger partial charge in [-0.1, -0.05) is 30.7 Å². The average Bonchev–Trinajstić information content (AvgIpc) is 2.64. The largest absolute Gasteiger partial charge is 0.466 e. The smallest absolute Gasteiger partial charge is 0.338 e. The Morgan fingerprint density at radius 2 is 1.96 bits per heavy atom. The van der Waals surface area contributed by atoms with Crippen molar-refractivity contribution >= 4 is 12.0 Å². The van der Waals surface area contributed by atoms with E-state index >= 15 is 0 Å². The Hall–Kier alpha value is -2.34. The summed E-state index contributed by atoms with van der Waals surface area (Å²) in [7, 11) is 1.38. The lowest BCUT2D eigenvalue weighted by atomic mass is 9.90. The number of hydrogen-bond acceptors (Lipinski definition) is 4. The molecule has 3 rings (SSSR count). The Kier molecular flexibility index (Phi) is 5.85. The van der Waals surface area contributed by atoms with Crippen LogP contribution in [0.15, 0.2) is 29.5 Å². The molecule has 1 fully saturated rings. The van der Waals surface area contributed by atoms with E-state index in [2.05, 4.69) is 22.5 Å². The van der Waals surface area contributed by atoms with Gasteiger partial charge in [-0.05, 0) is 56.8 Å². The van der Waals surface area contributed by atoms with Crippen molar-refractivity contribution in [3.8, 4) is 0 Å². The summed E-state index contributed by atoms with van der Waals surface area (Å²) in [6.45, 7) is 8.74. The first-order chi connectivity index (χ1) is 12.9. The van der Waals surface area contributed by atoms with Gasteiger partial charge in [0, 0.05) is 12.2 Å².